The Kier molecular flexibility index (Phi) is 4.95. The van der Waals surface area contributed by atoms with E-state index in [-0.39, 0.29) is 25.3 Å². The first-order valence-electron chi connectivity index (χ1n) is 10.00. The van der Waals surface area contributed by atoms with Gasteiger partial charge in [-0.15, -0.1) is 0 Å². The SMILES string of the molecule is O=C1O[C@@H](COC(=O)N2OC3C=CC2C3)CN1c1ccc(N2CCOCC2)c(F)c1. The predicted octanol–water partition coefficient (Wildman–Crippen LogP) is 2.07. The van der Waals surface area contributed by atoms with Gasteiger partial charge in [0.05, 0.1) is 37.2 Å². The number of hydrogen-bond donors (Lipinski definition) is 0. The van der Waals surface area contributed by atoms with Crippen LogP contribution in [0.3, 0.4) is 0 Å². The Hall–Kier alpha value is -2.85. The molecule has 10 heteroatoms. The number of ether oxygens (including phenoxy) is 3. The van der Waals surface area contributed by atoms with Gasteiger partial charge in [-0.05, 0) is 18.2 Å². The molecule has 3 heterocycles. The Morgan fingerprint density at radius 1 is 1.23 bits per heavy atom. The van der Waals surface area contributed by atoms with E-state index in [0.29, 0.717) is 37.7 Å². The maximum atomic E-state index is 14.7. The van der Waals surface area contributed by atoms with E-state index in [9.17, 15) is 14.0 Å². The maximum Gasteiger partial charge on any atom is 0.434 e. The molecule has 5 rings (SSSR count). The van der Waals surface area contributed by atoms with Crippen molar-refractivity contribution >= 4 is 23.6 Å². The largest absolute Gasteiger partial charge is 0.444 e. The van der Waals surface area contributed by atoms with Gasteiger partial charge in [0, 0.05) is 19.5 Å². The molecule has 3 atom stereocenters. The first-order chi connectivity index (χ1) is 14.6. The van der Waals surface area contributed by atoms with Gasteiger partial charge in [-0.3, -0.25) is 9.74 Å². The van der Waals surface area contributed by atoms with E-state index in [4.69, 9.17) is 19.0 Å². The van der Waals surface area contributed by atoms with Crippen molar-refractivity contribution < 1.29 is 33.0 Å². The minimum absolute atomic E-state index is 0.0855. The average Bonchev–Trinajstić information content (AvgIpc) is 3.48. The van der Waals surface area contributed by atoms with Gasteiger partial charge in [-0.25, -0.2) is 14.0 Å². The zero-order valence-electron chi connectivity index (χ0n) is 16.2. The lowest BCUT2D eigenvalue weighted by Crippen LogP contribution is -2.37. The van der Waals surface area contributed by atoms with Crippen molar-refractivity contribution in [3.8, 4) is 0 Å². The monoisotopic (exact) mass is 419 g/mol. The van der Waals surface area contributed by atoms with Crippen LogP contribution < -0.4 is 9.80 Å². The van der Waals surface area contributed by atoms with Gasteiger partial charge in [-0.2, -0.15) is 5.06 Å². The summed E-state index contributed by atoms with van der Waals surface area (Å²) < 4.78 is 30.5. The molecule has 0 radical (unpaired) electrons. The van der Waals surface area contributed by atoms with Crippen molar-refractivity contribution in [1.82, 2.24) is 5.06 Å². The zero-order valence-corrected chi connectivity index (χ0v) is 16.2. The molecule has 1 aromatic rings. The van der Waals surface area contributed by atoms with E-state index in [2.05, 4.69) is 0 Å². The summed E-state index contributed by atoms with van der Waals surface area (Å²) in [6, 6.07) is 4.55. The van der Waals surface area contributed by atoms with Crippen LogP contribution >= 0.6 is 0 Å². The van der Waals surface area contributed by atoms with Crippen LogP contribution in [0.5, 0.6) is 0 Å². The summed E-state index contributed by atoms with van der Waals surface area (Å²) in [6.45, 7) is 2.41. The third-order valence-electron chi connectivity index (χ3n) is 5.61. The number of benzene rings is 1. The summed E-state index contributed by atoms with van der Waals surface area (Å²) in [5.74, 6) is -0.411. The first-order valence-corrected chi connectivity index (χ1v) is 10.00. The summed E-state index contributed by atoms with van der Waals surface area (Å²) in [4.78, 5) is 33.1. The highest BCUT2D eigenvalue weighted by Crippen LogP contribution is 2.30. The number of hydroxylamine groups is 2. The van der Waals surface area contributed by atoms with Crippen molar-refractivity contribution in [2.75, 3.05) is 49.3 Å². The van der Waals surface area contributed by atoms with Crippen molar-refractivity contribution in [3.05, 3.63) is 36.2 Å². The molecule has 0 N–H and O–H groups in total. The highest BCUT2D eigenvalue weighted by Gasteiger charge is 2.40. The van der Waals surface area contributed by atoms with E-state index in [1.165, 1.54) is 16.0 Å². The first kappa shape index (κ1) is 19.1. The lowest BCUT2D eigenvalue weighted by molar-refractivity contribution is -0.130. The summed E-state index contributed by atoms with van der Waals surface area (Å²) in [6.07, 6.45) is 2.61. The molecule has 2 unspecified atom stereocenters. The Morgan fingerprint density at radius 2 is 2.07 bits per heavy atom. The smallest absolute Gasteiger partial charge is 0.434 e. The predicted molar refractivity (Wildman–Crippen MR) is 103 cm³/mol. The Balaban J connectivity index is 1.18. The molecule has 3 saturated heterocycles. The number of carbonyl (C=O) groups is 2. The Labute approximate surface area is 172 Å². The number of halogens is 1. The van der Waals surface area contributed by atoms with E-state index in [0.717, 1.165) is 6.42 Å². The number of carbonyl (C=O) groups excluding carboxylic acids is 2. The Bertz CT molecular complexity index is 874. The lowest BCUT2D eigenvalue weighted by Gasteiger charge is -2.29. The molecule has 3 aliphatic heterocycles. The fraction of sp³-hybridized carbons (Fsp3) is 0.500. The molecule has 4 aliphatic rings. The second-order valence-corrected chi connectivity index (χ2v) is 7.59. The fourth-order valence-corrected chi connectivity index (χ4v) is 4.07. The van der Waals surface area contributed by atoms with Crippen LogP contribution in [0.2, 0.25) is 0 Å². The second kappa shape index (κ2) is 7.77. The molecule has 9 nitrogen and oxygen atoms in total. The van der Waals surface area contributed by atoms with Gasteiger partial charge in [0.15, 0.2) is 6.10 Å². The number of hydrogen-bond acceptors (Lipinski definition) is 7. The molecule has 2 bridgehead atoms. The molecule has 0 spiro atoms. The van der Waals surface area contributed by atoms with Crippen LogP contribution in [0, 0.1) is 5.82 Å². The zero-order chi connectivity index (χ0) is 20.7. The summed E-state index contributed by atoms with van der Waals surface area (Å²) in [5.41, 5.74) is 0.878. The van der Waals surface area contributed by atoms with Crippen LogP contribution in [0.25, 0.3) is 0 Å². The van der Waals surface area contributed by atoms with Crippen LogP contribution in [0.1, 0.15) is 6.42 Å². The van der Waals surface area contributed by atoms with E-state index < -0.39 is 24.1 Å². The van der Waals surface area contributed by atoms with Gasteiger partial charge in [-0.1, -0.05) is 12.2 Å². The third-order valence-corrected chi connectivity index (χ3v) is 5.61. The third kappa shape index (κ3) is 3.56. The number of nitrogens with zero attached hydrogens (tertiary/aromatic N) is 3. The molecular formula is C20H22FN3O6. The topological polar surface area (TPSA) is 80.8 Å². The van der Waals surface area contributed by atoms with Gasteiger partial charge in [0.1, 0.15) is 18.5 Å². The standard InChI is InChI=1S/C20H22FN3O6/c21-17-10-13(2-4-18(17)22-5-7-27-8-6-22)23-11-16(29-19(23)25)12-28-20(26)24-14-1-3-15(9-14)30-24/h1-4,10,14-16H,5-9,11-12H2/t14?,15?,16-/m1/s1. The van der Waals surface area contributed by atoms with Crippen molar-refractivity contribution in [3.63, 3.8) is 0 Å². The minimum atomic E-state index is -0.640. The Morgan fingerprint density at radius 3 is 2.77 bits per heavy atom. The van der Waals surface area contributed by atoms with Gasteiger partial charge >= 0.3 is 12.2 Å². The van der Waals surface area contributed by atoms with Gasteiger partial charge in [0.2, 0.25) is 0 Å². The van der Waals surface area contributed by atoms with Gasteiger partial charge < -0.3 is 19.1 Å². The normalized spacial score (nSPS) is 27.7. The number of amides is 2. The summed E-state index contributed by atoms with van der Waals surface area (Å²) in [5, 5.41) is 1.21. The molecule has 0 saturated carbocycles. The van der Waals surface area contributed by atoms with Crippen LogP contribution in [-0.2, 0) is 19.0 Å². The number of fused-ring (bicyclic) bond motifs is 2. The second-order valence-electron chi connectivity index (χ2n) is 7.59. The highest BCUT2D eigenvalue weighted by molar-refractivity contribution is 5.90. The van der Waals surface area contributed by atoms with Crippen molar-refractivity contribution in [2.24, 2.45) is 0 Å². The van der Waals surface area contributed by atoms with Crippen LogP contribution in [-0.4, -0.2) is 75.0 Å². The summed E-state index contributed by atoms with van der Waals surface area (Å²) in [7, 11) is 0. The highest BCUT2D eigenvalue weighted by atomic mass is 19.1. The molecule has 1 aromatic carbocycles. The maximum absolute atomic E-state index is 14.7. The molecule has 2 amide bonds. The van der Waals surface area contributed by atoms with Crippen LogP contribution in [0.15, 0.2) is 30.4 Å². The number of cyclic esters (lactones) is 1. The van der Waals surface area contributed by atoms with E-state index in [1.54, 1.807) is 12.1 Å². The molecular weight excluding hydrogens is 397 g/mol. The lowest BCUT2D eigenvalue weighted by atomic mass is 10.2. The van der Waals surface area contributed by atoms with E-state index >= 15 is 0 Å². The van der Waals surface area contributed by atoms with Crippen LogP contribution in [0.4, 0.5) is 25.4 Å². The van der Waals surface area contributed by atoms with Gasteiger partial charge in [0.25, 0.3) is 0 Å². The molecule has 1 aliphatic carbocycles. The molecule has 3 fully saturated rings. The molecule has 30 heavy (non-hydrogen) atoms. The van der Waals surface area contributed by atoms with Crippen molar-refractivity contribution in [1.29, 1.82) is 0 Å². The number of morpholine rings is 1. The quantitative estimate of drug-likeness (QED) is 0.691. The minimum Gasteiger partial charge on any atom is -0.444 e. The molecule has 160 valence electrons. The number of rotatable bonds is 4. The van der Waals surface area contributed by atoms with E-state index in [1.807, 2.05) is 17.1 Å². The molecule has 0 aromatic heterocycles. The summed E-state index contributed by atoms with van der Waals surface area (Å²) >= 11 is 0. The average molecular weight is 419 g/mol. The van der Waals surface area contributed by atoms with Crippen molar-refractivity contribution in [2.45, 2.75) is 24.7 Å². The fourth-order valence-electron chi connectivity index (χ4n) is 4.07. The number of anilines is 2.